The van der Waals surface area contributed by atoms with Crippen LogP contribution in [0.15, 0.2) is 47.0 Å². The van der Waals surface area contributed by atoms with Crippen LogP contribution >= 0.6 is 0 Å². The second-order valence-corrected chi connectivity index (χ2v) is 7.15. The maximum Gasteiger partial charge on any atom is 0.287 e. The third kappa shape index (κ3) is 2.99. The van der Waals surface area contributed by atoms with E-state index >= 15 is 0 Å². The number of nitrogens with one attached hydrogen (secondary N) is 1. The molecule has 1 atom stereocenters. The third-order valence-electron chi connectivity index (χ3n) is 5.21. The van der Waals surface area contributed by atoms with Crippen molar-refractivity contribution in [1.29, 1.82) is 0 Å². The van der Waals surface area contributed by atoms with Crippen LogP contribution in [0, 0.1) is 19.8 Å². The van der Waals surface area contributed by atoms with Gasteiger partial charge in [0.25, 0.3) is 5.91 Å². The van der Waals surface area contributed by atoms with E-state index in [2.05, 4.69) is 10.3 Å². The quantitative estimate of drug-likeness (QED) is 0.752. The monoisotopic (exact) mass is 350 g/mol. The number of pyridine rings is 1. The average Bonchev–Trinajstić information content (AvgIpc) is 2.94. The van der Waals surface area contributed by atoms with Crippen molar-refractivity contribution < 1.29 is 14.3 Å². The first-order chi connectivity index (χ1) is 12.5. The van der Waals surface area contributed by atoms with Crippen LogP contribution in [0.1, 0.15) is 46.3 Å². The van der Waals surface area contributed by atoms with Crippen molar-refractivity contribution >= 4 is 16.9 Å². The van der Waals surface area contributed by atoms with Gasteiger partial charge in [-0.3, -0.25) is 9.78 Å². The molecule has 5 nitrogen and oxygen atoms in total. The van der Waals surface area contributed by atoms with Crippen LogP contribution in [0.5, 0.6) is 0 Å². The lowest BCUT2D eigenvalue weighted by molar-refractivity contribution is 0.0225. The van der Waals surface area contributed by atoms with Gasteiger partial charge in [0.1, 0.15) is 5.58 Å². The molecule has 0 bridgehead atoms. The number of aliphatic hydroxyl groups excluding tert-OH is 1. The van der Waals surface area contributed by atoms with Crippen LogP contribution in [0.3, 0.4) is 0 Å². The summed E-state index contributed by atoms with van der Waals surface area (Å²) < 4.78 is 5.82. The molecule has 26 heavy (non-hydrogen) atoms. The smallest absolute Gasteiger partial charge is 0.287 e. The first kappa shape index (κ1) is 16.8. The number of aryl methyl sites for hydroxylation is 2. The van der Waals surface area contributed by atoms with Gasteiger partial charge in [0.15, 0.2) is 5.76 Å². The van der Waals surface area contributed by atoms with Crippen LogP contribution in [0.2, 0.25) is 0 Å². The number of rotatable bonds is 4. The molecular weight excluding hydrogens is 328 g/mol. The summed E-state index contributed by atoms with van der Waals surface area (Å²) in [6.45, 7) is 3.92. The standard InChI is InChI=1S/C21H22N2O3/c1-12-6-7-18-16(9-12)13(2)20(26-18)21(25)23-19(14-10-15(24)11-14)17-5-3-4-8-22-17/h3-9,14-15,19,24H,10-11H2,1-2H3,(H,23,25). The Bertz CT molecular complexity index is 943. The highest BCUT2D eigenvalue weighted by molar-refractivity contribution is 5.99. The number of carbonyl (C=O) groups is 1. The zero-order chi connectivity index (χ0) is 18.3. The normalized spacial score (nSPS) is 20.6. The van der Waals surface area contributed by atoms with E-state index in [4.69, 9.17) is 4.42 Å². The highest BCUT2D eigenvalue weighted by Crippen LogP contribution is 2.38. The fraction of sp³-hybridized carbons (Fsp3) is 0.333. The Morgan fingerprint density at radius 1 is 1.27 bits per heavy atom. The number of nitrogens with zero attached hydrogens (tertiary/aromatic N) is 1. The molecule has 4 rings (SSSR count). The molecule has 3 aromatic rings. The second kappa shape index (κ2) is 6.57. The summed E-state index contributed by atoms with van der Waals surface area (Å²) in [7, 11) is 0. The highest BCUT2D eigenvalue weighted by atomic mass is 16.3. The Morgan fingerprint density at radius 3 is 2.77 bits per heavy atom. The predicted octanol–water partition coefficient (Wildman–Crippen LogP) is 3.69. The minimum absolute atomic E-state index is 0.177. The molecule has 1 amide bonds. The number of aliphatic hydroxyl groups is 1. The molecule has 1 saturated carbocycles. The van der Waals surface area contributed by atoms with Gasteiger partial charge >= 0.3 is 0 Å². The molecule has 2 aromatic heterocycles. The van der Waals surface area contributed by atoms with Crippen molar-refractivity contribution in [2.75, 3.05) is 0 Å². The van der Waals surface area contributed by atoms with Crippen LogP contribution in [0.4, 0.5) is 0 Å². The van der Waals surface area contributed by atoms with E-state index < -0.39 is 0 Å². The summed E-state index contributed by atoms with van der Waals surface area (Å²) in [5.74, 6) is 0.274. The van der Waals surface area contributed by atoms with E-state index in [1.807, 2.05) is 50.2 Å². The first-order valence-electron chi connectivity index (χ1n) is 8.92. The van der Waals surface area contributed by atoms with E-state index in [0.717, 1.165) is 22.2 Å². The van der Waals surface area contributed by atoms with E-state index in [0.29, 0.717) is 24.2 Å². The zero-order valence-electron chi connectivity index (χ0n) is 14.9. The first-order valence-corrected chi connectivity index (χ1v) is 8.92. The maximum atomic E-state index is 12.9. The molecule has 2 N–H and O–H groups in total. The molecule has 1 unspecified atom stereocenters. The Kier molecular flexibility index (Phi) is 4.24. The molecule has 1 aliphatic rings. The van der Waals surface area contributed by atoms with Gasteiger partial charge in [0, 0.05) is 17.1 Å². The van der Waals surface area contributed by atoms with Gasteiger partial charge in [-0.05, 0) is 56.9 Å². The molecule has 0 radical (unpaired) electrons. The number of amides is 1. The average molecular weight is 350 g/mol. The number of furan rings is 1. The van der Waals surface area contributed by atoms with Gasteiger partial charge in [-0.2, -0.15) is 0 Å². The van der Waals surface area contributed by atoms with Crippen molar-refractivity contribution in [3.05, 3.63) is 65.2 Å². The molecule has 0 aliphatic heterocycles. The Morgan fingerprint density at radius 2 is 2.08 bits per heavy atom. The minimum atomic E-state index is -0.293. The lowest BCUT2D eigenvalue weighted by atomic mass is 9.76. The number of fused-ring (bicyclic) bond motifs is 1. The number of hydrogen-bond acceptors (Lipinski definition) is 4. The highest BCUT2D eigenvalue weighted by Gasteiger charge is 2.37. The molecule has 2 heterocycles. The van der Waals surface area contributed by atoms with Gasteiger partial charge in [-0.1, -0.05) is 17.7 Å². The Labute approximate surface area is 152 Å². The van der Waals surface area contributed by atoms with Gasteiger partial charge in [0.2, 0.25) is 0 Å². The van der Waals surface area contributed by atoms with Crippen molar-refractivity contribution in [3.63, 3.8) is 0 Å². The fourth-order valence-electron chi connectivity index (χ4n) is 3.65. The fourth-order valence-corrected chi connectivity index (χ4v) is 3.65. The lowest BCUT2D eigenvalue weighted by Gasteiger charge is -2.37. The molecule has 0 spiro atoms. The van der Waals surface area contributed by atoms with Crippen molar-refractivity contribution in [1.82, 2.24) is 10.3 Å². The van der Waals surface area contributed by atoms with Crippen molar-refractivity contribution in [2.24, 2.45) is 5.92 Å². The van der Waals surface area contributed by atoms with Gasteiger partial charge in [0.05, 0.1) is 17.8 Å². The summed E-state index contributed by atoms with van der Waals surface area (Å²) in [5, 5.41) is 13.7. The Balaban J connectivity index is 1.63. The molecular formula is C21H22N2O3. The molecule has 1 aliphatic carbocycles. The third-order valence-corrected chi connectivity index (χ3v) is 5.21. The molecule has 1 fully saturated rings. The van der Waals surface area contributed by atoms with Crippen LogP contribution in [-0.4, -0.2) is 22.1 Å². The van der Waals surface area contributed by atoms with E-state index in [9.17, 15) is 9.90 Å². The van der Waals surface area contributed by atoms with Gasteiger partial charge < -0.3 is 14.8 Å². The van der Waals surface area contributed by atoms with Crippen LogP contribution in [-0.2, 0) is 0 Å². The van der Waals surface area contributed by atoms with Crippen LogP contribution in [0.25, 0.3) is 11.0 Å². The van der Waals surface area contributed by atoms with Crippen molar-refractivity contribution in [3.8, 4) is 0 Å². The number of carbonyl (C=O) groups excluding carboxylic acids is 1. The summed E-state index contributed by atoms with van der Waals surface area (Å²) in [4.78, 5) is 17.3. The number of benzene rings is 1. The molecule has 0 saturated heterocycles. The molecule has 134 valence electrons. The largest absolute Gasteiger partial charge is 0.451 e. The predicted molar refractivity (Wildman–Crippen MR) is 98.9 cm³/mol. The van der Waals surface area contributed by atoms with Gasteiger partial charge in [-0.25, -0.2) is 0 Å². The zero-order valence-corrected chi connectivity index (χ0v) is 14.9. The summed E-state index contributed by atoms with van der Waals surface area (Å²) in [5.41, 5.74) is 3.49. The number of hydrogen-bond donors (Lipinski definition) is 2. The van der Waals surface area contributed by atoms with E-state index in [1.54, 1.807) is 6.20 Å². The second-order valence-electron chi connectivity index (χ2n) is 7.15. The van der Waals surface area contributed by atoms with E-state index in [1.165, 1.54) is 0 Å². The number of aromatic nitrogens is 1. The van der Waals surface area contributed by atoms with Crippen LogP contribution < -0.4 is 5.32 Å². The minimum Gasteiger partial charge on any atom is -0.451 e. The SMILES string of the molecule is Cc1ccc2oc(C(=O)NC(c3ccccn3)C3CC(O)C3)c(C)c2c1. The van der Waals surface area contributed by atoms with Gasteiger partial charge in [-0.15, -0.1) is 0 Å². The summed E-state index contributed by atoms with van der Waals surface area (Å²) in [6, 6.07) is 11.3. The summed E-state index contributed by atoms with van der Waals surface area (Å²) in [6.07, 6.45) is 2.76. The maximum absolute atomic E-state index is 12.9. The topological polar surface area (TPSA) is 75.4 Å². The molecule has 5 heteroatoms. The summed E-state index contributed by atoms with van der Waals surface area (Å²) >= 11 is 0. The van der Waals surface area contributed by atoms with Crippen molar-refractivity contribution in [2.45, 2.75) is 38.8 Å². The molecule has 1 aromatic carbocycles. The lowest BCUT2D eigenvalue weighted by Crippen LogP contribution is -2.41. The Hall–Kier alpha value is -2.66. The van der Waals surface area contributed by atoms with E-state index in [-0.39, 0.29) is 24.0 Å².